The number of hydrogen-bond donors (Lipinski definition) is 2. The fraction of sp³-hybridized carbons (Fsp3) is 0.259. The zero-order valence-electron chi connectivity index (χ0n) is 18.9. The summed E-state index contributed by atoms with van der Waals surface area (Å²) < 4.78 is 20.1. The summed E-state index contributed by atoms with van der Waals surface area (Å²) in [5.74, 6) is 0.244. The van der Waals surface area contributed by atoms with Crippen LogP contribution in [0.4, 0.5) is 9.18 Å². The molecule has 1 saturated heterocycles. The SMILES string of the molecule is COc1ccc(-c2ccc(C#N)cc2F)cc1CN[C@H]1CCN(C(=O)O)C[C@H]1c1ccccc1. The molecule has 174 valence electrons. The molecule has 1 aliphatic heterocycles. The quantitative estimate of drug-likeness (QED) is 0.542. The first-order valence-electron chi connectivity index (χ1n) is 11.1. The first kappa shape index (κ1) is 23.3. The average Bonchev–Trinajstić information content (AvgIpc) is 2.87. The minimum Gasteiger partial charge on any atom is -0.496 e. The van der Waals surface area contributed by atoms with E-state index >= 15 is 0 Å². The monoisotopic (exact) mass is 459 g/mol. The van der Waals surface area contributed by atoms with Crippen molar-refractivity contribution in [3.8, 4) is 22.9 Å². The van der Waals surface area contributed by atoms with E-state index in [1.165, 1.54) is 11.0 Å². The van der Waals surface area contributed by atoms with Crippen molar-refractivity contribution >= 4 is 6.09 Å². The Morgan fingerprint density at radius 1 is 1.21 bits per heavy atom. The van der Waals surface area contributed by atoms with Gasteiger partial charge in [-0.15, -0.1) is 0 Å². The summed E-state index contributed by atoms with van der Waals surface area (Å²) in [6.45, 7) is 1.37. The second kappa shape index (κ2) is 10.4. The largest absolute Gasteiger partial charge is 0.496 e. The first-order valence-corrected chi connectivity index (χ1v) is 11.1. The van der Waals surface area contributed by atoms with Crippen LogP contribution >= 0.6 is 0 Å². The number of benzene rings is 3. The van der Waals surface area contributed by atoms with Crippen LogP contribution in [0.3, 0.4) is 0 Å². The van der Waals surface area contributed by atoms with E-state index in [-0.39, 0.29) is 17.5 Å². The van der Waals surface area contributed by atoms with Crippen LogP contribution in [0.5, 0.6) is 5.75 Å². The molecular formula is C27H26FN3O3. The number of likely N-dealkylation sites (tertiary alicyclic amines) is 1. The molecule has 3 aromatic carbocycles. The summed E-state index contributed by atoms with van der Waals surface area (Å²) >= 11 is 0. The molecule has 0 aliphatic carbocycles. The number of nitrogens with zero attached hydrogens (tertiary/aromatic N) is 2. The van der Waals surface area contributed by atoms with Gasteiger partial charge in [0.15, 0.2) is 0 Å². The summed E-state index contributed by atoms with van der Waals surface area (Å²) in [7, 11) is 1.60. The number of ether oxygens (including phenoxy) is 1. The molecule has 3 aromatic rings. The van der Waals surface area contributed by atoms with Crippen LogP contribution in [0.1, 0.15) is 29.0 Å². The van der Waals surface area contributed by atoms with E-state index in [9.17, 15) is 14.3 Å². The van der Waals surface area contributed by atoms with Crippen LogP contribution in [0.25, 0.3) is 11.1 Å². The lowest BCUT2D eigenvalue weighted by molar-refractivity contribution is 0.121. The molecule has 1 heterocycles. The highest BCUT2D eigenvalue weighted by Gasteiger charge is 2.32. The number of rotatable bonds is 6. The van der Waals surface area contributed by atoms with Gasteiger partial charge in [0.05, 0.1) is 18.7 Å². The van der Waals surface area contributed by atoms with E-state index in [1.54, 1.807) is 25.3 Å². The van der Waals surface area contributed by atoms with Crippen molar-refractivity contribution in [1.29, 1.82) is 5.26 Å². The second-order valence-electron chi connectivity index (χ2n) is 8.35. The van der Waals surface area contributed by atoms with Gasteiger partial charge < -0.3 is 20.1 Å². The number of amides is 1. The Morgan fingerprint density at radius 2 is 2.00 bits per heavy atom. The van der Waals surface area contributed by atoms with Gasteiger partial charge in [0, 0.05) is 42.7 Å². The summed E-state index contributed by atoms with van der Waals surface area (Å²) in [5, 5.41) is 22.1. The molecule has 0 bridgehead atoms. The number of carbonyl (C=O) groups is 1. The van der Waals surface area contributed by atoms with Crippen LogP contribution in [0.15, 0.2) is 66.7 Å². The van der Waals surface area contributed by atoms with Crippen LogP contribution in [0.2, 0.25) is 0 Å². The number of carboxylic acid groups (broad SMARTS) is 1. The van der Waals surface area contributed by atoms with Gasteiger partial charge in [-0.1, -0.05) is 42.5 Å². The predicted octanol–water partition coefficient (Wildman–Crippen LogP) is 5.00. The third-order valence-corrected chi connectivity index (χ3v) is 6.36. The van der Waals surface area contributed by atoms with Crippen molar-refractivity contribution in [1.82, 2.24) is 10.2 Å². The van der Waals surface area contributed by atoms with Gasteiger partial charge in [0.1, 0.15) is 11.6 Å². The van der Waals surface area contributed by atoms with Crippen LogP contribution in [-0.2, 0) is 6.54 Å². The molecule has 0 aromatic heterocycles. The minimum absolute atomic E-state index is 0.0104. The topological polar surface area (TPSA) is 85.6 Å². The zero-order chi connectivity index (χ0) is 24.1. The fourth-order valence-corrected chi connectivity index (χ4v) is 4.55. The molecule has 0 radical (unpaired) electrons. The molecule has 0 saturated carbocycles. The summed E-state index contributed by atoms with van der Waals surface area (Å²) in [5.41, 5.74) is 3.35. The predicted molar refractivity (Wildman–Crippen MR) is 127 cm³/mol. The molecule has 0 spiro atoms. The van der Waals surface area contributed by atoms with Gasteiger partial charge in [-0.25, -0.2) is 9.18 Å². The maximum absolute atomic E-state index is 14.6. The molecule has 2 atom stereocenters. The molecule has 4 rings (SSSR count). The highest BCUT2D eigenvalue weighted by Crippen LogP contribution is 2.31. The highest BCUT2D eigenvalue weighted by atomic mass is 19.1. The van der Waals surface area contributed by atoms with Gasteiger partial charge in [-0.3, -0.25) is 0 Å². The van der Waals surface area contributed by atoms with Gasteiger partial charge in [0.2, 0.25) is 0 Å². The number of nitriles is 1. The van der Waals surface area contributed by atoms with Crippen LogP contribution < -0.4 is 10.1 Å². The van der Waals surface area contributed by atoms with Crippen molar-refractivity contribution in [2.24, 2.45) is 0 Å². The normalized spacial score (nSPS) is 17.7. The number of nitrogens with one attached hydrogen (secondary N) is 1. The van der Waals surface area contributed by atoms with Crippen molar-refractivity contribution in [3.63, 3.8) is 0 Å². The molecule has 0 unspecified atom stereocenters. The number of halogens is 1. The van der Waals surface area contributed by atoms with Gasteiger partial charge in [-0.05, 0) is 41.8 Å². The Hall–Kier alpha value is -3.89. The zero-order valence-corrected chi connectivity index (χ0v) is 18.9. The number of hydrogen-bond acceptors (Lipinski definition) is 4. The Morgan fingerprint density at radius 3 is 2.68 bits per heavy atom. The third-order valence-electron chi connectivity index (χ3n) is 6.36. The Balaban J connectivity index is 1.57. The van der Waals surface area contributed by atoms with Crippen molar-refractivity contribution in [3.05, 3.63) is 89.2 Å². The van der Waals surface area contributed by atoms with Gasteiger partial charge in [0.25, 0.3) is 0 Å². The molecule has 7 heteroatoms. The third kappa shape index (κ3) is 5.03. The van der Waals surface area contributed by atoms with E-state index in [0.717, 1.165) is 11.1 Å². The summed E-state index contributed by atoms with van der Waals surface area (Å²) in [6, 6.07) is 21.9. The lowest BCUT2D eigenvalue weighted by Crippen LogP contribution is -2.49. The molecule has 6 nitrogen and oxygen atoms in total. The highest BCUT2D eigenvalue weighted by molar-refractivity contribution is 5.67. The Labute approximate surface area is 198 Å². The molecule has 1 amide bonds. The maximum atomic E-state index is 14.6. The van der Waals surface area contributed by atoms with Crippen LogP contribution in [0, 0.1) is 17.1 Å². The molecule has 34 heavy (non-hydrogen) atoms. The average molecular weight is 460 g/mol. The van der Waals surface area contributed by atoms with E-state index in [4.69, 9.17) is 10.00 Å². The van der Waals surface area contributed by atoms with Crippen molar-refractivity contribution in [2.45, 2.75) is 24.9 Å². The van der Waals surface area contributed by atoms with E-state index in [1.807, 2.05) is 48.5 Å². The first-order chi connectivity index (χ1) is 16.5. The van der Waals surface area contributed by atoms with E-state index in [2.05, 4.69) is 5.32 Å². The smallest absolute Gasteiger partial charge is 0.407 e. The lowest BCUT2D eigenvalue weighted by Gasteiger charge is -2.38. The number of methoxy groups -OCH3 is 1. The fourth-order valence-electron chi connectivity index (χ4n) is 4.55. The van der Waals surface area contributed by atoms with E-state index < -0.39 is 11.9 Å². The van der Waals surface area contributed by atoms with Crippen molar-refractivity contribution in [2.75, 3.05) is 20.2 Å². The van der Waals surface area contributed by atoms with Gasteiger partial charge in [-0.2, -0.15) is 5.26 Å². The molecule has 1 fully saturated rings. The lowest BCUT2D eigenvalue weighted by atomic mass is 9.86. The minimum atomic E-state index is -0.904. The molecular weight excluding hydrogens is 433 g/mol. The standard InChI is InChI=1S/C27H26FN3O3/c1-34-26-10-8-20(22-9-7-18(15-29)13-24(22)28)14-21(26)16-30-25-11-12-31(27(32)33)17-23(25)19-5-3-2-4-6-19/h2-10,13-14,23,25,30H,11-12,16-17H2,1H3,(H,32,33)/t23-,25-/m0/s1. The van der Waals surface area contributed by atoms with Crippen molar-refractivity contribution < 1.29 is 19.0 Å². The Kier molecular flexibility index (Phi) is 7.09. The maximum Gasteiger partial charge on any atom is 0.407 e. The Bertz CT molecular complexity index is 1210. The molecule has 1 aliphatic rings. The summed E-state index contributed by atoms with van der Waals surface area (Å²) in [6.07, 6.45) is -0.226. The van der Waals surface area contributed by atoms with Crippen LogP contribution in [-0.4, -0.2) is 42.3 Å². The van der Waals surface area contributed by atoms with Gasteiger partial charge >= 0.3 is 6.09 Å². The van der Waals surface area contributed by atoms with E-state index in [0.29, 0.717) is 42.9 Å². The second-order valence-corrected chi connectivity index (χ2v) is 8.35. The molecule has 2 N–H and O–H groups in total. The summed E-state index contributed by atoms with van der Waals surface area (Å²) in [4.78, 5) is 13.0. The number of piperidine rings is 1.